The summed E-state index contributed by atoms with van der Waals surface area (Å²) in [4.78, 5) is 44.8. The predicted molar refractivity (Wildman–Crippen MR) is 139 cm³/mol. The summed E-state index contributed by atoms with van der Waals surface area (Å²) in [6, 6.07) is 17.8. The Balaban J connectivity index is 1.48. The van der Waals surface area contributed by atoms with Crippen molar-refractivity contribution in [2.75, 3.05) is 16.9 Å². The van der Waals surface area contributed by atoms with Gasteiger partial charge in [0.15, 0.2) is 5.78 Å². The maximum atomic E-state index is 14.0. The van der Waals surface area contributed by atoms with Crippen LogP contribution in [-0.4, -0.2) is 36.8 Å². The van der Waals surface area contributed by atoms with Crippen LogP contribution in [0.15, 0.2) is 72.8 Å². The Morgan fingerprint density at radius 2 is 1.56 bits per heavy atom. The molecule has 8 heteroatoms. The van der Waals surface area contributed by atoms with E-state index in [1.54, 1.807) is 31.4 Å². The van der Waals surface area contributed by atoms with E-state index in [9.17, 15) is 14.4 Å². The molecule has 2 saturated heterocycles. The number of carbonyl (C=O) groups excluding carboxylic acids is 3. The van der Waals surface area contributed by atoms with Gasteiger partial charge in [-0.2, -0.15) is 0 Å². The molecule has 0 radical (unpaired) electrons. The Morgan fingerprint density at radius 3 is 2.25 bits per heavy atom. The number of para-hydroxylation sites is 1. The van der Waals surface area contributed by atoms with Gasteiger partial charge in [0.2, 0.25) is 11.8 Å². The van der Waals surface area contributed by atoms with Gasteiger partial charge in [-0.25, -0.2) is 4.90 Å². The Hall–Kier alpha value is -3.61. The topological polar surface area (TPSA) is 66.9 Å². The summed E-state index contributed by atoms with van der Waals surface area (Å²) in [5.41, 5.74) is 2.50. The fourth-order valence-corrected chi connectivity index (χ4v) is 6.18. The average Bonchev–Trinajstić information content (AvgIpc) is 3.35. The Morgan fingerprint density at radius 1 is 0.889 bits per heavy atom. The fourth-order valence-electron chi connectivity index (χ4n) is 5.66. The molecule has 180 valence electrons. The zero-order valence-electron chi connectivity index (χ0n) is 19.1. The van der Waals surface area contributed by atoms with Gasteiger partial charge in [-0.3, -0.25) is 14.4 Å². The minimum absolute atomic E-state index is 0.229. The lowest BCUT2D eigenvalue weighted by molar-refractivity contribution is -0.122. The first-order valence-corrected chi connectivity index (χ1v) is 12.2. The first-order valence-electron chi connectivity index (χ1n) is 11.5. The van der Waals surface area contributed by atoms with Crippen molar-refractivity contribution in [3.63, 3.8) is 0 Å². The number of Topliss-reactive ketones (excluding diaryl/α,β-unsaturated/α-hetero) is 1. The number of carbonyl (C=O) groups is 3. The molecule has 0 N–H and O–H groups in total. The first-order chi connectivity index (χ1) is 17.4. The van der Waals surface area contributed by atoms with Crippen molar-refractivity contribution in [3.8, 4) is 5.75 Å². The van der Waals surface area contributed by atoms with E-state index >= 15 is 0 Å². The highest BCUT2D eigenvalue weighted by Gasteiger charge is 2.64. The molecule has 0 saturated carbocycles. The number of nitrogens with zero attached hydrogens (tertiary/aromatic N) is 2. The molecular formula is C28H20Cl2N2O4. The van der Waals surface area contributed by atoms with Gasteiger partial charge in [0.1, 0.15) is 11.8 Å². The highest BCUT2D eigenvalue weighted by molar-refractivity contribution is 6.36. The van der Waals surface area contributed by atoms with E-state index in [1.165, 1.54) is 18.2 Å². The third-order valence-corrected chi connectivity index (χ3v) is 7.60. The van der Waals surface area contributed by atoms with Gasteiger partial charge in [0.25, 0.3) is 0 Å². The molecule has 0 aromatic heterocycles. The monoisotopic (exact) mass is 518 g/mol. The van der Waals surface area contributed by atoms with E-state index in [0.717, 1.165) is 16.2 Å². The Labute approximate surface area is 217 Å². The highest BCUT2D eigenvalue weighted by atomic mass is 35.5. The summed E-state index contributed by atoms with van der Waals surface area (Å²) in [6.45, 7) is 0. The van der Waals surface area contributed by atoms with Crippen LogP contribution in [0, 0.1) is 11.8 Å². The molecule has 0 unspecified atom stereocenters. The molecule has 4 atom stereocenters. The highest BCUT2D eigenvalue weighted by Crippen LogP contribution is 2.50. The van der Waals surface area contributed by atoms with Crippen LogP contribution in [-0.2, 0) is 9.59 Å². The van der Waals surface area contributed by atoms with Crippen LogP contribution in [0.4, 0.5) is 11.4 Å². The predicted octanol–water partition coefficient (Wildman–Crippen LogP) is 5.27. The second-order valence-electron chi connectivity index (χ2n) is 9.04. The Kier molecular flexibility index (Phi) is 5.39. The van der Waals surface area contributed by atoms with Crippen LogP contribution in [0.2, 0.25) is 10.0 Å². The number of methoxy groups -OCH3 is 1. The number of fused-ring (bicyclic) bond motifs is 5. The number of halogens is 2. The molecule has 0 bridgehead atoms. The van der Waals surface area contributed by atoms with Crippen molar-refractivity contribution in [2.24, 2.45) is 11.8 Å². The third kappa shape index (κ3) is 3.36. The second-order valence-corrected chi connectivity index (χ2v) is 9.92. The van der Waals surface area contributed by atoms with E-state index in [2.05, 4.69) is 0 Å². The molecule has 3 heterocycles. The maximum absolute atomic E-state index is 14.0. The number of ketones is 1. The molecule has 3 aromatic carbocycles. The minimum Gasteiger partial charge on any atom is -0.497 e. The van der Waals surface area contributed by atoms with Crippen molar-refractivity contribution >= 4 is 58.3 Å². The lowest BCUT2D eigenvalue weighted by Crippen LogP contribution is -2.48. The molecule has 2 amide bonds. The SMILES string of the molecule is COc1ccc(C(=O)[C@@H]2[C@H]3C(=O)N(c4cc(Cl)cc(Cl)c4)C(=O)[C@@H]3[C@H]3C=Cc4ccccc4N32)cc1. The number of rotatable bonds is 4. The molecular weight excluding hydrogens is 499 g/mol. The number of anilines is 2. The lowest BCUT2D eigenvalue weighted by Gasteiger charge is -2.36. The average molecular weight is 519 g/mol. The number of amides is 2. The van der Waals surface area contributed by atoms with Crippen LogP contribution < -0.4 is 14.5 Å². The van der Waals surface area contributed by atoms with Gasteiger partial charge in [-0.1, -0.05) is 53.6 Å². The standard InChI is InChI=1S/C28H20Cl2N2O4/c1-36-20-9-6-16(7-10-20)26(33)25-24-23(22-11-8-15-4-2-3-5-21(15)32(22)25)27(34)31(28(24)35)19-13-17(29)12-18(30)14-19/h2-14,22-25H,1H3/t22-,23-,24+,25+/m1/s1. The third-order valence-electron chi connectivity index (χ3n) is 7.16. The van der Waals surface area contributed by atoms with Gasteiger partial charge in [-0.05, 0) is 54.1 Å². The van der Waals surface area contributed by atoms with Crippen molar-refractivity contribution in [1.82, 2.24) is 0 Å². The number of imide groups is 1. The van der Waals surface area contributed by atoms with Crippen molar-refractivity contribution in [2.45, 2.75) is 12.1 Å². The smallest absolute Gasteiger partial charge is 0.240 e. The van der Waals surface area contributed by atoms with Gasteiger partial charge in [0, 0.05) is 21.3 Å². The van der Waals surface area contributed by atoms with E-state index in [1.807, 2.05) is 41.3 Å². The van der Waals surface area contributed by atoms with Crippen LogP contribution in [0.25, 0.3) is 6.08 Å². The van der Waals surface area contributed by atoms with Crippen molar-refractivity contribution in [1.29, 1.82) is 0 Å². The molecule has 2 fully saturated rings. The lowest BCUT2D eigenvalue weighted by atomic mass is 9.86. The zero-order valence-corrected chi connectivity index (χ0v) is 20.6. The molecule has 0 aliphatic carbocycles. The largest absolute Gasteiger partial charge is 0.497 e. The van der Waals surface area contributed by atoms with Crippen LogP contribution in [0.5, 0.6) is 5.75 Å². The molecule has 36 heavy (non-hydrogen) atoms. The first kappa shape index (κ1) is 22.8. The second kappa shape index (κ2) is 8.50. The summed E-state index contributed by atoms with van der Waals surface area (Å²) in [7, 11) is 1.56. The molecule has 3 aliphatic rings. The van der Waals surface area contributed by atoms with E-state index < -0.39 is 29.8 Å². The van der Waals surface area contributed by atoms with E-state index in [-0.39, 0.29) is 11.7 Å². The van der Waals surface area contributed by atoms with Crippen LogP contribution >= 0.6 is 23.2 Å². The van der Waals surface area contributed by atoms with Crippen molar-refractivity contribution < 1.29 is 19.1 Å². The van der Waals surface area contributed by atoms with Gasteiger partial charge in [0.05, 0.1) is 30.7 Å². The van der Waals surface area contributed by atoms with Gasteiger partial charge < -0.3 is 9.64 Å². The number of hydrogen-bond donors (Lipinski definition) is 0. The number of benzene rings is 3. The van der Waals surface area contributed by atoms with Crippen LogP contribution in [0.3, 0.4) is 0 Å². The molecule has 3 aliphatic heterocycles. The summed E-state index contributed by atoms with van der Waals surface area (Å²) < 4.78 is 5.23. The molecule has 6 rings (SSSR count). The summed E-state index contributed by atoms with van der Waals surface area (Å²) in [5.74, 6) is -2.01. The quantitative estimate of drug-likeness (QED) is 0.347. The minimum atomic E-state index is -0.870. The normalized spacial score (nSPS) is 24.0. The van der Waals surface area contributed by atoms with E-state index in [0.29, 0.717) is 27.0 Å². The molecule has 3 aromatic rings. The van der Waals surface area contributed by atoms with Gasteiger partial charge in [-0.15, -0.1) is 0 Å². The summed E-state index contributed by atoms with van der Waals surface area (Å²) in [5, 5.41) is 0.628. The van der Waals surface area contributed by atoms with Crippen molar-refractivity contribution in [3.05, 3.63) is 94.0 Å². The fraction of sp³-hybridized carbons (Fsp3) is 0.179. The van der Waals surface area contributed by atoms with Gasteiger partial charge >= 0.3 is 0 Å². The maximum Gasteiger partial charge on any atom is 0.240 e. The molecule has 0 spiro atoms. The summed E-state index contributed by atoms with van der Waals surface area (Å²) >= 11 is 12.4. The summed E-state index contributed by atoms with van der Waals surface area (Å²) in [6.07, 6.45) is 3.87. The van der Waals surface area contributed by atoms with E-state index in [4.69, 9.17) is 27.9 Å². The molecule has 6 nitrogen and oxygen atoms in total. The Bertz CT molecular complexity index is 1430. The zero-order chi connectivity index (χ0) is 25.1. The number of ether oxygens (including phenoxy) is 1. The van der Waals surface area contributed by atoms with Crippen LogP contribution in [0.1, 0.15) is 15.9 Å². The number of hydrogen-bond acceptors (Lipinski definition) is 5.